The molecule has 42 heavy (non-hydrogen) atoms. The first-order valence-corrected chi connectivity index (χ1v) is 14.0. The van der Waals surface area contributed by atoms with Gasteiger partial charge >= 0.3 is 5.97 Å². The molecule has 0 aliphatic carbocycles. The molecule has 10 nitrogen and oxygen atoms in total. The summed E-state index contributed by atoms with van der Waals surface area (Å²) < 4.78 is 16.5. The van der Waals surface area contributed by atoms with Gasteiger partial charge in [0.1, 0.15) is 22.7 Å². The van der Waals surface area contributed by atoms with E-state index in [2.05, 4.69) is 20.2 Å². The lowest BCUT2D eigenvalue weighted by Gasteiger charge is -2.34. The Bertz CT molecular complexity index is 1940. The van der Waals surface area contributed by atoms with Crippen LogP contribution in [0.2, 0.25) is 0 Å². The molecular formula is C31H34FN7O3. The summed E-state index contributed by atoms with van der Waals surface area (Å²) in [4.78, 5) is 42.7. The van der Waals surface area contributed by atoms with E-state index in [0.29, 0.717) is 40.0 Å². The molecular weight excluding hydrogens is 537 g/mol. The number of fused-ring (bicyclic) bond motifs is 4. The number of aromatic carboxylic acids is 1. The smallest absolute Gasteiger partial charge is 0.341 e. The Labute approximate surface area is 241 Å². The van der Waals surface area contributed by atoms with E-state index >= 15 is 0 Å². The third-order valence-electron chi connectivity index (χ3n) is 8.23. The van der Waals surface area contributed by atoms with Crippen molar-refractivity contribution in [2.45, 2.75) is 32.2 Å². The van der Waals surface area contributed by atoms with Crippen LogP contribution < -0.4 is 15.6 Å². The number of anilines is 2. The summed E-state index contributed by atoms with van der Waals surface area (Å²) in [7, 11) is 5.51. The number of nitrogens with one attached hydrogen (secondary N) is 2. The van der Waals surface area contributed by atoms with Gasteiger partial charge in [-0.2, -0.15) is 0 Å². The van der Waals surface area contributed by atoms with Gasteiger partial charge in [-0.3, -0.25) is 4.79 Å². The molecule has 5 heterocycles. The van der Waals surface area contributed by atoms with E-state index in [0.717, 1.165) is 42.5 Å². The Morgan fingerprint density at radius 1 is 1.14 bits per heavy atom. The first-order chi connectivity index (χ1) is 20.0. The Morgan fingerprint density at radius 2 is 1.88 bits per heavy atom. The second-order valence-corrected chi connectivity index (χ2v) is 11.8. The molecule has 1 aromatic carbocycles. The minimum atomic E-state index is -1.28. The molecule has 0 amide bonds. The highest BCUT2D eigenvalue weighted by Crippen LogP contribution is 2.41. The van der Waals surface area contributed by atoms with Crippen molar-refractivity contribution in [3.63, 3.8) is 0 Å². The number of pyridine rings is 3. The number of hydrogen-bond donors (Lipinski definition) is 3. The summed E-state index contributed by atoms with van der Waals surface area (Å²) in [5.41, 5.74) is 2.99. The topological polar surface area (TPSA) is 119 Å². The van der Waals surface area contributed by atoms with Gasteiger partial charge < -0.3 is 29.8 Å². The number of carbonyl (C=O) groups is 1. The third kappa shape index (κ3) is 4.44. The monoisotopic (exact) mass is 571 g/mol. The van der Waals surface area contributed by atoms with Crippen molar-refractivity contribution in [2.24, 2.45) is 0 Å². The highest BCUT2D eigenvalue weighted by atomic mass is 19.1. The molecule has 1 saturated heterocycles. The molecule has 6 rings (SSSR count). The lowest BCUT2D eigenvalue weighted by atomic mass is 10.00. The molecule has 1 aliphatic rings. The maximum atomic E-state index is 14.6. The maximum absolute atomic E-state index is 14.6. The highest BCUT2D eigenvalue weighted by molar-refractivity contribution is 6.17. The zero-order valence-electron chi connectivity index (χ0n) is 24.4. The van der Waals surface area contributed by atoms with Crippen LogP contribution in [0.25, 0.3) is 44.1 Å². The fourth-order valence-corrected chi connectivity index (χ4v) is 6.32. The van der Waals surface area contributed by atoms with Crippen LogP contribution >= 0.6 is 0 Å². The number of carboxylic acid groups (broad SMARTS) is 1. The Hall–Kier alpha value is -4.51. The summed E-state index contributed by atoms with van der Waals surface area (Å²) in [6.45, 7) is 6.75. The molecule has 0 atom stereocenters. The summed E-state index contributed by atoms with van der Waals surface area (Å²) in [6, 6.07) is 4.60. The molecule has 218 valence electrons. The van der Waals surface area contributed by atoms with Crippen LogP contribution in [0.15, 0.2) is 41.6 Å². The molecule has 1 aliphatic heterocycles. The van der Waals surface area contributed by atoms with Gasteiger partial charge in [0.05, 0.1) is 33.2 Å². The second kappa shape index (κ2) is 10.1. The summed E-state index contributed by atoms with van der Waals surface area (Å²) in [6.07, 6.45) is 7.08. The van der Waals surface area contributed by atoms with Crippen molar-refractivity contribution < 1.29 is 14.3 Å². The number of rotatable bonds is 7. The van der Waals surface area contributed by atoms with Gasteiger partial charge in [0, 0.05) is 62.8 Å². The van der Waals surface area contributed by atoms with Gasteiger partial charge in [-0.05, 0) is 58.0 Å². The van der Waals surface area contributed by atoms with Crippen LogP contribution in [-0.4, -0.2) is 76.3 Å². The standard InChI is InChI=1S/C31H34FN7O3/c1-31(2,16-38-8-6-7-9-38)39-15-22(30(41)42)27(40)20-10-17(13-35-29(20)39)21-14-34-28-24(26(21)37(4)5)19-11-18(32)12-23(33-3)25(19)36-28/h10-15,33H,6-9,16H2,1-5H3,(H,34,36)(H,41,42). The van der Waals surface area contributed by atoms with E-state index in [4.69, 9.17) is 4.98 Å². The van der Waals surface area contributed by atoms with Crippen molar-refractivity contribution in [1.82, 2.24) is 24.4 Å². The number of hydrogen-bond acceptors (Lipinski definition) is 7. The SMILES string of the molecule is CNc1cc(F)cc2c1[nH]c1ncc(-c3cnc4c(c3)c(=O)c(C(=O)O)cn4C(C)(C)CN3CCCC3)c(N(C)C)c12. The first-order valence-electron chi connectivity index (χ1n) is 14.0. The number of carboxylic acids is 1. The molecule has 4 aromatic heterocycles. The van der Waals surface area contributed by atoms with E-state index < -0.39 is 16.9 Å². The van der Waals surface area contributed by atoms with Crippen molar-refractivity contribution in [3.05, 3.63) is 58.4 Å². The zero-order valence-corrected chi connectivity index (χ0v) is 24.4. The van der Waals surface area contributed by atoms with E-state index in [-0.39, 0.29) is 16.8 Å². The quantitative estimate of drug-likeness (QED) is 0.253. The van der Waals surface area contributed by atoms with Crippen molar-refractivity contribution in [3.8, 4) is 11.1 Å². The Morgan fingerprint density at radius 3 is 2.55 bits per heavy atom. The largest absolute Gasteiger partial charge is 0.477 e. The Kier molecular flexibility index (Phi) is 6.64. The third-order valence-corrected chi connectivity index (χ3v) is 8.23. The molecule has 0 bridgehead atoms. The van der Waals surface area contributed by atoms with Crippen molar-refractivity contribution in [2.75, 3.05) is 51.0 Å². The fraction of sp³-hybridized carbons (Fsp3) is 0.355. The lowest BCUT2D eigenvalue weighted by molar-refractivity contribution is 0.0694. The molecule has 0 saturated carbocycles. The molecule has 0 unspecified atom stereocenters. The first kappa shape index (κ1) is 27.6. The van der Waals surface area contributed by atoms with Crippen LogP contribution in [0.1, 0.15) is 37.0 Å². The van der Waals surface area contributed by atoms with Gasteiger partial charge in [0.2, 0.25) is 5.43 Å². The molecule has 11 heteroatoms. The molecule has 5 aromatic rings. The Balaban J connectivity index is 1.60. The van der Waals surface area contributed by atoms with Crippen LogP contribution in [0.4, 0.5) is 15.8 Å². The number of halogens is 1. The van der Waals surface area contributed by atoms with E-state index in [1.807, 2.05) is 37.4 Å². The number of H-pyrrole nitrogens is 1. The van der Waals surface area contributed by atoms with E-state index in [1.165, 1.54) is 18.3 Å². The van der Waals surface area contributed by atoms with Crippen molar-refractivity contribution >= 4 is 50.3 Å². The number of aromatic amines is 1. The minimum absolute atomic E-state index is 0.217. The highest BCUT2D eigenvalue weighted by Gasteiger charge is 2.29. The predicted molar refractivity (Wildman–Crippen MR) is 164 cm³/mol. The predicted octanol–water partition coefficient (Wildman–Crippen LogP) is 4.87. The average molecular weight is 572 g/mol. The van der Waals surface area contributed by atoms with Crippen molar-refractivity contribution in [1.29, 1.82) is 0 Å². The summed E-state index contributed by atoms with van der Waals surface area (Å²) in [5, 5.41) is 14.6. The minimum Gasteiger partial charge on any atom is -0.477 e. The number of likely N-dealkylation sites (tertiary alicyclic amines) is 1. The van der Waals surface area contributed by atoms with Crippen LogP contribution in [0.3, 0.4) is 0 Å². The second-order valence-electron chi connectivity index (χ2n) is 11.8. The zero-order chi connectivity index (χ0) is 29.9. The number of aromatic nitrogens is 4. The fourth-order valence-electron chi connectivity index (χ4n) is 6.32. The number of nitrogens with zero attached hydrogens (tertiary/aromatic N) is 5. The lowest BCUT2D eigenvalue weighted by Crippen LogP contribution is -2.41. The van der Waals surface area contributed by atoms with Gasteiger partial charge in [-0.1, -0.05) is 0 Å². The van der Waals surface area contributed by atoms with Crippen LogP contribution in [0, 0.1) is 5.82 Å². The van der Waals surface area contributed by atoms with E-state index in [1.54, 1.807) is 25.5 Å². The van der Waals surface area contributed by atoms with Gasteiger partial charge in [0.25, 0.3) is 0 Å². The normalized spacial score (nSPS) is 14.3. The molecule has 1 fully saturated rings. The van der Waals surface area contributed by atoms with E-state index in [9.17, 15) is 19.1 Å². The maximum Gasteiger partial charge on any atom is 0.341 e. The van der Waals surface area contributed by atoms with Gasteiger partial charge in [0.15, 0.2) is 0 Å². The summed E-state index contributed by atoms with van der Waals surface area (Å²) >= 11 is 0. The van der Waals surface area contributed by atoms with Gasteiger partial charge in [-0.15, -0.1) is 0 Å². The molecule has 0 spiro atoms. The molecule has 0 radical (unpaired) electrons. The number of benzene rings is 1. The average Bonchev–Trinajstić information content (AvgIpc) is 3.59. The van der Waals surface area contributed by atoms with Crippen LogP contribution in [-0.2, 0) is 5.54 Å². The van der Waals surface area contributed by atoms with Crippen LogP contribution in [0.5, 0.6) is 0 Å². The summed E-state index contributed by atoms with van der Waals surface area (Å²) in [5.74, 6) is -1.66. The molecule has 3 N–H and O–H groups in total. The van der Waals surface area contributed by atoms with Gasteiger partial charge in [-0.25, -0.2) is 19.2 Å².